The Morgan fingerprint density at radius 1 is 1.28 bits per heavy atom. The van der Waals surface area contributed by atoms with Crippen molar-refractivity contribution in [1.29, 1.82) is 0 Å². The third kappa shape index (κ3) is 3.06. The fraction of sp³-hybridized carbons (Fsp3) is 0.364. The zero-order valence-electron chi connectivity index (χ0n) is 16.1. The van der Waals surface area contributed by atoms with Crippen molar-refractivity contribution in [2.24, 2.45) is 5.92 Å². The molecule has 0 saturated carbocycles. The maximum atomic E-state index is 15.0. The summed E-state index contributed by atoms with van der Waals surface area (Å²) in [7, 11) is 0. The van der Waals surface area contributed by atoms with Gasteiger partial charge in [0.2, 0.25) is 0 Å². The summed E-state index contributed by atoms with van der Waals surface area (Å²) < 4.78 is 15.0. The quantitative estimate of drug-likeness (QED) is 0.709. The normalized spacial score (nSPS) is 28.6. The van der Waals surface area contributed by atoms with Gasteiger partial charge in [-0.3, -0.25) is 4.98 Å². The van der Waals surface area contributed by atoms with Crippen LogP contribution >= 0.6 is 0 Å². The van der Waals surface area contributed by atoms with Crippen molar-refractivity contribution in [2.45, 2.75) is 43.9 Å². The molecule has 4 atom stereocenters. The summed E-state index contributed by atoms with van der Waals surface area (Å²) in [5, 5.41) is 24.0. The highest BCUT2D eigenvalue weighted by Crippen LogP contribution is 2.44. The number of phenolic OH excluding ortho intramolecular Hbond substituents is 1. The molecule has 6 nitrogen and oxygen atoms in total. The van der Waals surface area contributed by atoms with Gasteiger partial charge in [-0.05, 0) is 55.3 Å². The highest BCUT2D eigenvalue weighted by molar-refractivity contribution is 5.88. The number of nitrogens with zero attached hydrogens (tertiary/aromatic N) is 4. The number of rotatable bonds is 3. The molecule has 148 valence electrons. The number of benzene rings is 1. The van der Waals surface area contributed by atoms with Gasteiger partial charge in [-0.15, -0.1) is 10.2 Å². The SMILES string of the molecule is C=C(c1cnc(-c2cc3ccncc3cc2O)nn1)[C@H]1C[C@]2(C)CCC(N2)[C@@H]1F. The van der Waals surface area contributed by atoms with E-state index in [2.05, 4.69) is 39.0 Å². The second-order valence-electron chi connectivity index (χ2n) is 8.39. The molecule has 1 aromatic carbocycles. The van der Waals surface area contributed by atoms with Crippen LogP contribution in [0.25, 0.3) is 27.7 Å². The van der Waals surface area contributed by atoms with E-state index in [4.69, 9.17) is 0 Å². The van der Waals surface area contributed by atoms with Gasteiger partial charge >= 0.3 is 0 Å². The number of allylic oxidation sites excluding steroid dienone is 1. The second-order valence-corrected chi connectivity index (χ2v) is 8.39. The highest BCUT2D eigenvalue weighted by atomic mass is 19.1. The van der Waals surface area contributed by atoms with Gasteiger partial charge in [0, 0.05) is 35.3 Å². The van der Waals surface area contributed by atoms with E-state index in [0.717, 1.165) is 23.6 Å². The van der Waals surface area contributed by atoms with Crippen molar-refractivity contribution in [3.05, 3.63) is 49.1 Å². The molecule has 2 aromatic heterocycles. The van der Waals surface area contributed by atoms with Crippen LogP contribution in [0.1, 0.15) is 31.9 Å². The average molecular weight is 391 g/mol. The molecule has 2 bridgehead atoms. The first kappa shape index (κ1) is 18.1. The maximum absolute atomic E-state index is 15.0. The van der Waals surface area contributed by atoms with Crippen LogP contribution in [0.4, 0.5) is 4.39 Å². The van der Waals surface area contributed by atoms with Gasteiger partial charge < -0.3 is 10.4 Å². The number of phenols is 1. The first-order chi connectivity index (χ1) is 13.9. The molecule has 0 aliphatic carbocycles. The van der Waals surface area contributed by atoms with E-state index < -0.39 is 6.17 Å². The van der Waals surface area contributed by atoms with Crippen molar-refractivity contribution in [3.8, 4) is 17.1 Å². The number of aromatic hydroxyl groups is 1. The molecule has 2 aliphatic rings. The molecule has 29 heavy (non-hydrogen) atoms. The summed E-state index contributed by atoms with van der Waals surface area (Å²) in [5.41, 5.74) is 1.57. The topological polar surface area (TPSA) is 83.8 Å². The van der Waals surface area contributed by atoms with Crippen LogP contribution in [0.5, 0.6) is 5.75 Å². The first-order valence-corrected chi connectivity index (χ1v) is 9.81. The Labute approximate surface area is 167 Å². The predicted octanol–water partition coefficient (Wildman–Crippen LogP) is 3.67. The Kier molecular flexibility index (Phi) is 4.10. The minimum Gasteiger partial charge on any atom is -0.507 e. The Hall–Kier alpha value is -2.93. The summed E-state index contributed by atoms with van der Waals surface area (Å²) in [6, 6.07) is 5.17. The van der Waals surface area contributed by atoms with E-state index in [1.165, 1.54) is 0 Å². The van der Waals surface area contributed by atoms with Gasteiger partial charge in [-0.2, -0.15) is 0 Å². The van der Waals surface area contributed by atoms with Crippen LogP contribution < -0.4 is 5.32 Å². The predicted molar refractivity (Wildman–Crippen MR) is 109 cm³/mol. The average Bonchev–Trinajstić information content (AvgIpc) is 3.07. The van der Waals surface area contributed by atoms with Crippen LogP contribution in [-0.2, 0) is 0 Å². The highest BCUT2D eigenvalue weighted by Gasteiger charge is 2.49. The number of hydrogen-bond donors (Lipinski definition) is 2. The Bertz CT molecular complexity index is 1100. The van der Waals surface area contributed by atoms with Crippen molar-refractivity contribution in [3.63, 3.8) is 0 Å². The molecule has 2 saturated heterocycles. The second kappa shape index (κ2) is 6.56. The van der Waals surface area contributed by atoms with Gasteiger partial charge in [0.05, 0.1) is 11.8 Å². The van der Waals surface area contributed by atoms with E-state index >= 15 is 0 Å². The van der Waals surface area contributed by atoms with Gasteiger partial charge in [-0.25, -0.2) is 9.37 Å². The molecule has 5 rings (SSSR count). The fourth-order valence-electron chi connectivity index (χ4n) is 4.70. The third-order valence-corrected chi connectivity index (χ3v) is 6.31. The number of nitrogens with one attached hydrogen (secondary N) is 1. The summed E-state index contributed by atoms with van der Waals surface area (Å²) in [6.07, 6.45) is 6.47. The van der Waals surface area contributed by atoms with E-state index in [-0.39, 0.29) is 23.2 Å². The zero-order chi connectivity index (χ0) is 20.2. The fourth-order valence-corrected chi connectivity index (χ4v) is 4.70. The van der Waals surface area contributed by atoms with Crippen LogP contribution in [0, 0.1) is 5.92 Å². The summed E-state index contributed by atoms with van der Waals surface area (Å²) >= 11 is 0. The van der Waals surface area contributed by atoms with Crippen LogP contribution in [0.2, 0.25) is 0 Å². The van der Waals surface area contributed by atoms with Gasteiger partial charge in [0.1, 0.15) is 17.6 Å². The molecule has 2 aliphatic heterocycles. The molecule has 0 amide bonds. The minimum absolute atomic E-state index is 0.0482. The van der Waals surface area contributed by atoms with E-state index in [1.807, 2.05) is 6.07 Å². The lowest BCUT2D eigenvalue weighted by atomic mass is 9.79. The molecular formula is C22H22FN5O. The number of pyridine rings is 1. The molecule has 0 spiro atoms. The van der Waals surface area contributed by atoms with Crippen molar-refractivity contribution < 1.29 is 9.50 Å². The maximum Gasteiger partial charge on any atom is 0.185 e. The minimum atomic E-state index is -0.988. The van der Waals surface area contributed by atoms with Crippen molar-refractivity contribution in [1.82, 2.24) is 25.5 Å². The molecule has 4 heterocycles. The number of alkyl halides is 1. The summed E-state index contributed by atoms with van der Waals surface area (Å²) in [5.74, 6) is 0.0785. The number of fused-ring (bicyclic) bond motifs is 3. The largest absolute Gasteiger partial charge is 0.507 e. The lowest BCUT2D eigenvalue weighted by Crippen LogP contribution is -2.53. The number of hydrogen-bond acceptors (Lipinski definition) is 6. The number of piperidine rings is 1. The summed E-state index contributed by atoms with van der Waals surface area (Å²) in [4.78, 5) is 8.44. The molecular weight excluding hydrogens is 369 g/mol. The smallest absolute Gasteiger partial charge is 0.185 e. The van der Waals surface area contributed by atoms with E-state index in [9.17, 15) is 9.50 Å². The molecule has 0 radical (unpaired) electrons. The van der Waals surface area contributed by atoms with Crippen molar-refractivity contribution >= 4 is 16.3 Å². The molecule has 2 N–H and O–H groups in total. The Morgan fingerprint density at radius 3 is 2.93 bits per heavy atom. The lowest BCUT2D eigenvalue weighted by molar-refractivity contribution is 0.135. The first-order valence-electron chi connectivity index (χ1n) is 9.81. The molecule has 3 aromatic rings. The number of halogens is 1. The molecule has 2 fully saturated rings. The Balaban J connectivity index is 1.43. The standard InChI is InChI=1S/C22H22FN5O/c1-12(16-9-22(2)5-3-17(26-22)20(16)23)18-11-25-21(28-27-18)15-7-13-4-6-24-10-14(13)8-19(15)29/h4,6-8,10-11,16-17,20,26,29H,1,3,5,9H2,2H3/t16-,17?,20-,22+/m1/s1. The van der Waals surface area contributed by atoms with Gasteiger partial charge in [0.25, 0.3) is 0 Å². The van der Waals surface area contributed by atoms with Gasteiger partial charge in [0.15, 0.2) is 5.82 Å². The molecule has 7 heteroatoms. The van der Waals surface area contributed by atoms with E-state index in [0.29, 0.717) is 29.1 Å². The zero-order valence-corrected chi connectivity index (χ0v) is 16.1. The number of aromatic nitrogens is 4. The summed E-state index contributed by atoms with van der Waals surface area (Å²) in [6.45, 7) is 6.26. The monoisotopic (exact) mass is 391 g/mol. The van der Waals surface area contributed by atoms with E-state index in [1.54, 1.807) is 30.7 Å². The van der Waals surface area contributed by atoms with Crippen LogP contribution in [0.3, 0.4) is 0 Å². The van der Waals surface area contributed by atoms with Crippen LogP contribution in [-0.4, -0.2) is 43.0 Å². The van der Waals surface area contributed by atoms with Crippen LogP contribution in [0.15, 0.2) is 43.4 Å². The van der Waals surface area contributed by atoms with Crippen molar-refractivity contribution in [2.75, 3.05) is 0 Å². The molecule has 1 unspecified atom stereocenters. The lowest BCUT2D eigenvalue weighted by Gasteiger charge is -2.39. The van der Waals surface area contributed by atoms with Gasteiger partial charge in [-0.1, -0.05) is 6.58 Å². The Morgan fingerprint density at radius 2 is 2.14 bits per heavy atom. The third-order valence-electron chi connectivity index (χ3n) is 6.31.